The molecule has 1 aromatic heterocycles. The number of benzene rings is 1. The molecule has 1 aromatic carbocycles. The van der Waals surface area contributed by atoms with Crippen LogP contribution >= 0.6 is 0 Å². The molecule has 0 radical (unpaired) electrons. The molecule has 26 heavy (non-hydrogen) atoms. The van der Waals surface area contributed by atoms with E-state index in [1.54, 1.807) is 12.1 Å². The van der Waals surface area contributed by atoms with E-state index in [4.69, 9.17) is 9.15 Å². The molecule has 1 atom stereocenters. The Labute approximate surface area is 146 Å². The predicted molar refractivity (Wildman–Crippen MR) is 82.0 cm³/mol. The summed E-state index contributed by atoms with van der Waals surface area (Å²) in [6, 6.07) is 8.51. The lowest BCUT2D eigenvalue weighted by Crippen LogP contribution is -2.69. The first-order valence-corrected chi connectivity index (χ1v) is 7.26. The molecule has 1 heterocycles. The number of nitrogens with one attached hydrogen (secondary N) is 2. The number of ether oxygens (including phenoxy) is 2. The zero-order valence-electron chi connectivity index (χ0n) is 13.5. The van der Waals surface area contributed by atoms with Gasteiger partial charge in [0.25, 0.3) is 0 Å². The van der Waals surface area contributed by atoms with Crippen LogP contribution in [-0.4, -0.2) is 31.0 Å². The van der Waals surface area contributed by atoms with Crippen LogP contribution in [0.15, 0.2) is 53.1 Å². The van der Waals surface area contributed by atoms with Crippen LogP contribution in [0.3, 0.4) is 0 Å². The normalized spacial score (nSPS) is 13.4. The third kappa shape index (κ3) is 4.26. The Kier molecular flexibility index (Phi) is 5.75. The van der Waals surface area contributed by atoms with Crippen molar-refractivity contribution in [3.8, 4) is 5.75 Å². The van der Waals surface area contributed by atoms with Gasteiger partial charge in [-0.05, 0) is 24.3 Å². The van der Waals surface area contributed by atoms with E-state index in [2.05, 4.69) is 10.1 Å². The molecule has 2 amide bonds. The number of halogens is 3. The number of esters is 1. The van der Waals surface area contributed by atoms with Crippen LogP contribution in [0.4, 0.5) is 18.0 Å². The number of hydrogen-bond acceptors (Lipinski definition) is 5. The van der Waals surface area contributed by atoms with Crippen LogP contribution in [0.2, 0.25) is 0 Å². The van der Waals surface area contributed by atoms with Crippen LogP contribution in [-0.2, 0) is 16.1 Å². The number of amides is 2. The zero-order valence-corrected chi connectivity index (χ0v) is 13.5. The molecule has 140 valence electrons. The van der Waals surface area contributed by atoms with Crippen molar-refractivity contribution in [3.63, 3.8) is 0 Å². The molecule has 0 bridgehead atoms. The summed E-state index contributed by atoms with van der Waals surface area (Å²) in [6.07, 6.45) is -3.97. The Balaban J connectivity index is 2.26. The van der Waals surface area contributed by atoms with Crippen LogP contribution < -0.4 is 15.4 Å². The number of methoxy groups -OCH3 is 1. The van der Waals surface area contributed by atoms with Crippen molar-refractivity contribution in [2.24, 2.45) is 0 Å². The number of carbonyl (C=O) groups excluding carboxylic acids is 2. The average molecular weight is 372 g/mol. The van der Waals surface area contributed by atoms with Crippen molar-refractivity contribution < 1.29 is 36.7 Å². The fraction of sp³-hybridized carbons (Fsp3) is 0.250. The van der Waals surface area contributed by atoms with E-state index >= 15 is 0 Å². The van der Waals surface area contributed by atoms with E-state index in [9.17, 15) is 22.8 Å². The van der Waals surface area contributed by atoms with E-state index in [0.717, 1.165) is 7.11 Å². The second kappa shape index (κ2) is 7.81. The predicted octanol–water partition coefficient (Wildman–Crippen LogP) is 2.59. The number of para-hydroxylation sites is 1. The minimum absolute atomic E-state index is 0.195. The Bertz CT molecular complexity index is 734. The molecule has 2 N–H and O–H groups in total. The van der Waals surface area contributed by atoms with Gasteiger partial charge in [0.2, 0.25) is 0 Å². The summed E-state index contributed by atoms with van der Waals surface area (Å²) < 4.78 is 55.1. The third-order valence-corrected chi connectivity index (χ3v) is 3.18. The van der Waals surface area contributed by atoms with Crippen LogP contribution in [0.5, 0.6) is 5.75 Å². The first kappa shape index (κ1) is 19.2. The highest BCUT2D eigenvalue weighted by molar-refractivity contribution is 5.87. The van der Waals surface area contributed by atoms with Crippen molar-refractivity contribution in [1.29, 1.82) is 0 Å². The maximum absolute atomic E-state index is 13.7. The average Bonchev–Trinajstić information content (AvgIpc) is 3.12. The van der Waals surface area contributed by atoms with Gasteiger partial charge in [0.15, 0.2) is 0 Å². The number of hydrogen-bond donors (Lipinski definition) is 2. The van der Waals surface area contributed by atoms with Crippen LogP contribution in [0, 0.1) is 0 Å². The topological polar surface area (TPSA) is 89.8 Å². The molecule has 2 rings (SSSR count). The summed E-state index contributed by atoms with van der Waals surface area (Å²) >= 11 is 0. The highest BCUT2D eigenvalue weighted by Crippen LogP contribution is 2.34. The summed E-state index contributed by atoms with van der Waals surface area (Å²) in [7, 11) is 0.750. The largest absolute Gasteiger partial charge is 0.467 e. The number of carbonyl (C=O) groups is 2. The number of alkyl halides is 3. The van der Waals surface area contributed by atoms with E-state index in [0.29, 0.717) is 5.76 Å². The van der Waals surface area contributed by atoms with Gasteiger partial charge in [0, 0.05) is 0 Å². The van der Waals surface area contributed by atoms with Gasteiger partial charge < -0.3 is 19.2 Å². The van der Waals surface area contributed by atoms with Gasteiger partial charge in [-0.1, -0.05) is 18.2 Å². The maximum atomic E-state index is 13.7. The molecule has 0 saturated heterocycles. The molecule has 10 heteroatoms. The molecular formula is C16H15F3N2O5. The minimum Gasteiger partial charge on any atom is -0.467 e. The summed E-state index contributed by atoms with van der Waals surface area (Å²) in [6.45, 7) is -0.195. The lowest BCUT2D eigenvalue weighted by molar-refractivity contribution is -0.258. The van der Waals surface area contributed by atoms with Gasteiger partial charge >= 0.3 is 23.9 Å². The van der Waals surface area contributed by atoms with Gasteiger partial charge in [-0.25, -0.2) is 9.59 Å². The zero-order chi connectivity index (χ0) is 19.2. The second-order valence-electron chi connectivity index (χ2n) is 4.97. The van der Waals surface area contributed by atoms with Gasteiger partial charge in [0.05, 0.1) is 19.9 Å². The lowest BCUT2D eigenvalue weighted by Gasteiger charge is -2.33. The van der Waals surface area contributed by atoms with E-state index in [1.807, 2.05) is 0 Å². The van der Waals surface area contributed by atoms with E-state index in [-0.39, 0.29) is 12.3 Å². The van der Waals surface area contributed by atoms with E-state index in [1.165, 1.54) is 41.9 Å². The van der Waals surface area contributed by atoms with Gasteiger partial charge in [0.1, 0.15) is 11.5 Å². The number of urea groups is 1. The van der Waals surface area contributed by atoms with Crippen molar-refractivity contribution in [2.45, 2.75) is 18.4 Å². The molecule has 2 aromatic rings. The van der Waals surface area contributed by atoms with Crippen LogP contribution in [0.1, 0.15) is 5.76 Å². The van der Waals surface area contributed by atoms with Crippen molar-refractivity contribution in [3.05, 3.63) is 54.5 Å². The molecule has 0 aliphatic carbocycles. The maximum Gasteiger partial charge on any atom is 0.460 e. The summed E-state index contributed by atoms with van der Waals surface area (Å²) in [5, 5.41) is 3.66. The number of furan rings is 1. The summed E-state index contributed by atoms with van der Waals surface area (Å²) in [4.78, 5) is 23.9. The smallest absolute Gasteiger partial charge is 0.460 e. The number of rotatable bonds is 6. The molecule has 0 aliphatic rings. The molecule has 7 nitrogen and oxygen atoms in total. The van der Waals surface area contributed by atoms with Crippen molar-refractivity contribution >= 4 is 12.0 Å². The first-order chi connectivity index (χ1) is 12.3. The summed E-state index contributed by atoms with van der Waals surface area (Å²) in [5.41, 5.74) is -3.73. The highest BCUT2D eigenvalue weighted by Gasteiger charge is 2.66. The quantitative estimate of drug-likeness (QED) is 0.601. The standard InChI is InChI=1S/C16H15F3N2O5/c1-24-13(22)15(16(17,18)19,26-11-6-3-2-4-7-11)21-14(23)20-10-12-8-5-9-25-12/h2-9H,10H2,1H3,(H2,20,21,23). The Morgan fingerprint density at radius 3 is 2.35 bits per heavy atom. The van der Waals surface area contributed by atoms with Gasteiger partial charge in [-0.2, -0.15) is 13.2 Å². The lowest BCUT2D eigenvalue weighted by atomic mass is 10.2. The molecule has 1 unspecified atom stereocenters. The van der Waals surface area contributed by atoms with E-state index < -0.39 is 23.9 Å². The fourth-order valence-corrected chi connectivity index (χ4v) is 1.96. The summed E-state index contributed by atoms with van der Waals surface area (Å²) in [5.74, 6) is -1.82. The molecule has 0 aliphatic heterocycles. The van der Waals surface area contributed by atoms with Gasteiger partial charge in [-0.15, -0.1) is 0 Å². The minimum atomic E-state index is -5.31. The molecule has 0 saturated carbocycles. The Morgan fingerprint density at radius 1 is 1.12 bits per heavy atom. The van der Waals surface area contributed by atoms with Crippen LogP contribution in [0.25, 0.3) is 0 Å². The molecule has 0 fully saturated rings. The van der Waals surface area contributed by atoms with Gasteiger partial charge in [-0.3, -0.25) is 5.32 Å². The molecule has 0 spiro atoms. The van der Waals surface area contributed by atoms with Crippen molar-refractivity contribution in [2.75, 3.05) is 7.11 Å². The first-order valence-electron chi connectivity index (χ1n) is 7.26. The molecular weight excluding hydrogens is 357 g/mol. The fourth-order valence-electron chi connectivity index (χ4n) is 1.96. The Hall–Kier alpha value is -3.17. The van der Waals surface area contributed by atoms with Crippen molar-refractivity contribution in [1.82, 2.24) is 10.6 Å². The second-order valence-corrected chi connectivity index (χ2v) is 4.97. The SMILES string of the molecule is COC(=O)C(NC(=O)NCc1ccco1)(Oc1ccccc1)C(F)(F)F. The third-order valence-electron chi connectivity index (χ3n) is 3.18. The highest BCUT2D eigenvalue weighted by atomic mass is 19.4. The monoisotopic (exact) mass is 372 g/mol. The Morgan fingerprint density at radius 2 is 1.81 bits per heavy atom.